The molecule has 0 bridgehead atoms. The first-order valence-electron chi connectivity index (χ1n) is 6.67. The van der Waals surface area contributed by atoms with Crippen molar-refractivity contribution in [1.82, 2.24) is 0 Å². The predicted octanol–water partition coefficient (Wildman–Crippen LogP) is 3.15. The first-order chi connectivity index (χ1) is 7.78. The molecule has 102 valence electrons. The Hall–Kier alpha value is -0.570. The molecule has 0 heterocycles. The molecule has 1 aliphatic rings. The molecule has 0 saturated heterocycles. The molecule has 0 aromatic carbocycles. The van der Waals surface area contributed by atoms with Crippen LogP contribution >= 0.6 is 0 Å². The van der Waals surface area contributed by atoms with Crippen LogP contribution in [-0.2, 0) is 9.53 Å². The SMILES string of the molecule is CC.CCOC(=O)C1CCC(C)(O)CC1(C)C. The molecule has 0 amide bonds. The van der Waals surface area contributed by atoms with E-state index in [0.717, 1.165) is 6.42 Å². The van der Waals surface area contributed by atoms with Gasteiger partial charge in [-0.25, -0.2) is 0 Å². The average Bonchev–Trinajstić information content (AvgIpc) is 2.17. The van der Waals surface area contributed by atoms with Gasteiger partial charge in [-0.1, -0.05) is 27.7 Å². The third-order valence-electron chi connectivity index (χ3n) is 3.32. The van der Waals surface area contributed by atoms with Crippen LogP contribution in [0.5, 0.6) is 0 Å². The topological polar surface area (TPSA) is 46.5 Å². The van der Waals surface area contributed by atoms with E-state index in [2.05, 4.69) is 0 Å². The number of rotatable bonds is 2. The lowest BCUT2D eigenvalue weighted by Crippen LogP contribution is -2.45. The molecule has 0 radical (unpaired) electrons. The van der Waals surface area contributed by atoms with Crippen molar-refractivity contribution in [3.8, 4) is 0 Å². The lowest BCUT2D eigenvalue weighted by molar-refractivity contribution is -0.158. The van der Waals surface area contributed by atoms with Crippen LogP contribution in [-0.4, -0.2) is 23.3 Å². The van der Waals surface area contributed by atoms with Crippen LogP contribution < -0.4 is 0 Å². The van der Waals surface area contributed by atoms with E-state index in [1.807, 2.05) is 41.5 Å². The first kappa shape index (κ1) is 16.4. The van der Waals surface area contributed by atoms with Gasteiger partial charge in [-0.2, -0.15) is 0 Å². The third-order valence-corrected chi connectivity index (χ3v) is 3.32. The van der Waals surface area contributed by atoms with Crippen molar-refractivity contribution in [3.05, 3.63) is 0 Å². The Kier molecular flexibility index (Phi) is 6.17. The fourth-order valence-corrected chi connectivity index (χ4v) is 2.72. The molecular formula is C14H28O3. The number of hydrogen-bond donors (Lipinski definition) is 1. The van der Waals surface area contributed by atoms with E-state index in [9.17, 15) is 9.90 Å². The lowest BCUT2D eigenvalue weighted by Gasteiger charge is -2.44. The van der Waals surface area contributed by atoms with Gasteiger partial charge in [-0.15, -0.1) is 0 Å². The summed E-state index contributed by atoms with van der Waals surface area (Å²) in [7, 11) is 0. The van der Waals surface area contributed by atoms with E-state index in [4.69, 9.17) is 4.74 Å². The smallest absolute Gasteiger partial charge is 0.309 e. The van der Waals surface area contributed by atoms with Gasteiger partial charge < -0.3 is 9.84 Å². The molecule has 3 nitrogen and oxygen atoms in total. The zero-order valence-corrected chi connectivity index (χ0v) is 12.2. The minimum absolute atomic E-state index is 0.0716. The minimum atomic E-state index is -0.632. The summed E-state index contributed by atoms with van der Waals surface area (Å²) in [4.78, 5) is 11.7. The summed E-state index contributed by atoms with van der Waals surface area (Å²) in [5, 5.41) is 9.99. The monoisotopic (exact) mass is 244 g/mol. The molecule has 0 aromatic rings. The highest BCUT2D eigenvalue weighted by molar-refractivity contribution is 5.73. The molecule has 2 unspecified atom stereocenters. The molecule has 1 aliphatic carbocycles. The third kappa shape index (κ3) is 4.66. The Morgan fingerprint density at radius 2 is 1.88 bits per heavy atom. The summed E-state index contributed by atoms with van der Waals surface area (Å²) in [5.41, 5.74) is -0.805. The van der Waals surface area contributed by atoms with Crippen LogP contribution in [0, 0.1) is 11.3 Å². The maximum atomic E-state index is 11.7. The fourth-order valence-electron chi connectivity index (χ4n) is 2.72. The summed E-state index contributed by atoms with van der Waals surface area (Å²) in [6, 6.07) is 0. The molecule has 2 atom stereocenters. The normalized spacial score (nSPS) is 31.1. The van der Waals surface area contributed by atoms with Crippen molar-refractivity contribution in [2.45, 2.75) is 66.4 Å². The van der Waals surface area contributed by atoms with Crippen molar-refractivity contribution >= 4 is 5.97 Å². The van der Waals surface area contributed by atoms with Crippen LogP contribution in [0.2, 0.25) is 0 Å². The fraction of sp³-hybridized carbons (Fsp3) is 0.929. The van der Waals surface area contributed by atoms with Gasteiger partial charge in [0.05, 0.1) is 18.1 Å². The maximum absolute atomic E-state index is 11.7. The highest BCUT2D eigenvalue weighted by Crippen LogP contribution is 2.45. The van der Waals surface area contributed by atoms with Crippen molar-refractivity contribution in [2.24, 2.45) is 11.3 Å². The summed E-state index contributed by atoms with van der Waals surface area (Å²) < 4.78 is 5.06. The summed E-state index contributed by atoms with van der Waals surface area (Å²) in [5.74, 6) is -0.185. The second kappa shape index (κ2) is 6.39. The number of esters is 1. The zero-order chi connectivity index (χ0) is 13.7. The molecule has 17 heavy (non-hydrogen) atoms. The first-order valence-corrected chi connectivity index (χ1v) is 6.67. The minimum Gasteiger partial charge on any atom is -0.466 e. The highest BCUT2D eigenvalue weighted by Gasteiger charge is 2.45. The van der Waals surface area contributed by atoms with Gasteiger partial charge in [0.25, 0.3) is 0 Å². The van der Waals surface area contributed by atoms with E-state index in [1.54, 1.807) is 0 Å². The van der Waals surface area contributed by atoms with Gasteiger partial charge in [0.1, 0.15) is 0 Å². The number of carbonyl (C=O) groups excluding carboxylic acids is 1. The second-order valence-electron chi connectivity index (χ2n) is 5.51. The van der Waals surface area contributed by atoms with Gasteiger partial charge >= 0.3 is 5.97 Å². The Balaban J connectivity index is 0.00000121. The molecule has 1 N–H and O–H groups in total. The van der Waals surface area contributed by atoms with Crippen LogP contribution in [0.3, 0.4) is 0 Å². The van der Waals surface area contributed by atoms with Gasteiger partial charge in [0.15, 0.2) is 0 Å². The van der Waals surface area contributed by atoms with E-state index in [0.29, 0.717) is 19.4 Å². The number of carbonyl (C=O) groups is 1. The molecule has 1 fully saturated rings. The maximum Gasteiger partial charge on any atom is 0.309 e. The molecule has 0 spiro atoms. The number of ether oxygens (including phenoxy) is 1. The number of aliphatic hydroxyl groups is 1. The van der Waals surface area contributed by atoms with Crippen molar-refractivity contribution < 1.29 is 14.6 Å². The molecule has 0 aromatic heterocycles. The number of hydrogen-bond acceptors (Lipinski definition) is 3. The van der Waals surface area contributed by atoms with E-state index < -0.39 is 5.60 Å². The largest absolute Gasteiger partial charge is 0.466 e. The molecular weight excluding hydrogens is 216 g/mol. The molecule has 1 rings (SSSR count). The Morgan fingerprint density at radius 1 is 1.35 bits per heavy atom. The van der Waals surface area contributed by atoms with Crippen molar-refractivity contribution in [1.29, 1.82) is 0 Å². The van der Waals surface area contributed by atoms with Gasteiger partial charge in [-0.05, 0) is 38.5 Å². The molecule has 3 heteroatoms. The van der Waals surface area contributed by atoms with Crippen molar-refractivity contribution in [2.75, 3.05) is 6.61 Å². The van der Waals surface area contributed by atoms with Gasteiger partial charge in [0.2, 0.25) is 0 Å². The van der Waals surface area contributed by atoms with Gasteiger partial charge in [-0.3, -0.25) is 4.79 Å². The summed E-state index contributed by atoms with van der Waals surface area (Å²) in [6.45, 7) is 12.2. The van der Waals surface area contributed by atoms with Gasteiger partial charge in [0, 0.05) is 0 Å². The van der Waals surface area contributed by atoms with Crippen LogP contribution in [0.15, 0.2) is 0 Å². The van der Waals surface area contributed by atoms with Crippen molar-refractivity contribution in [3.63, 3.8) is 0 Å². The Morgan fingerprint density at radius 3 is 2.29 bits per heavy atom. The summed E-state index contributed by atoms with van der Waals surface area (Å²) >= 11 is 0. The predicted molar refractivity (Wildman–Crippen MR) is 69.7 cm³/mol. The second-order valence-corrected chi connectivity index (χ2v) is 5.51. The summed E-state index contributed by atoms with van der Waals surface area (Å²) in [6.07, 6.45) is 2.06. The average molecular weight is 244 g/mol. The quantitative estimate of drug-likeness (QED) is 0.759. The lowest BCUT2D eigenvalue weighted by atomic mass is 9.64. The zero-order valence-electron chi connectivity index (χ0n) is 12.2. The van der Waals surface area contributed by atoms with Crippen LogP contribution in [0.1, 0.15) is 60.8 Å². The Labute approximate surface area is 106 Å². The standard InChI is InChI=1S/C12H22O3.C2H6/c1-5-15-10(13)9-6-7-12(4,14)8-11(9,2)3;1-2/h9,14H,5-8H2,1-4H3;1-2H3. The highest BCUT2D eigenvalue weighted by atomic mass is 16.5. The van der Waals surface area contributed by atoms with Crippen LogP contribution in [0.4, 0.5) is 0 Å². The van der Waals surface area contributed by atoms with Crippen LogP contribution in [0.25, 0.3) is 0 Å². The van der Waals surface area contributed by atoms with E-state index in [-0.39, 0.29) is 17.3 Å². The Bertz CT molecular complexity index is 244. The molecule has 0 aliphatic heterocycles. The molecule has 1 saturated carbocycles. The van der Waals surface area contributed by atoms with E-state index in [1.165, 1.54) is 0 Å². The van der Waals surface area contributed by atoms with E-state index >= 15 is 0 Å².